The largest absolute Gasteiger partial charge is 0.326 e. The van der Waals surface area contributed by atoms with Gasteiger partial charge in [0.15, 0.2) is 5.78 Å². The second-order valence-corrected chi connectivity index (χ2v) is 4.93. The highest BCUT2D eigenvalue weighted by atomic mass is 19.1. The summed E-state index contributed by atoms with van der Waals surface area (Å²) in [6, 6.07) is 0.615. The zero-order valence-electron chi connectivity index (χ0n) is 11.0. The fourth-order valence-electron chi connectivity index (χ4n) is 2.50. The van der Waals surface area contributed by atoms with Gasteiger partial charge in [0.1, 0.15) is 5.82 Å². The fourth-order valence-corrected chi connectivity index (χ4v) is 2.50. The van der Waals surface area contributed by atoms with Crippen molar-refractivity contribution in [3.05, 3.63) is 28.6 Å². The van der Waals surface area contributed by atoms with Crippen molar-refractivity contribution in [2.75, 3.05) is 5.32 Å². The van der Waals surface area contributed by atoms with Crippen LogP contribution in [0.5, 0.6) is 0 Å². The first-order chi connectivity index (χ1) is 8.91. The van der Waals surface area contributed by atoms with Gasteiger partial charge in [0.25, 0.3) is 0 Å². The van der Waals surface area contributed by atoms with Crippen LogP contribution in [0, 0.1) is 12.7 Å². The number of ketones is 1. The van der Waals surface area contributed by atoms with E-state index in [1.54, 1.807) is 6.92 Å². The summed E-state index contributed by atoms with van der Waals surface area (Å²) in [5, 5.41) is 2.52. The third-order valence-electron chi connectivity index (χ3n) is 3.49. The second-order valence-electron chi connectivity index (χ2n) is 4.93. The maximum atomic E-state index is 13.9. The van der Waals surface area contributed by atoms with Crippen LogP contribution in [0.15, 0.2) is 6.07 Å². The first-order valence-corrected chi connectivity index (χ1v) is 6.31. The van der Waals surface area contributed by atoms with E-state index in [9.17, 15) is 14.0 Å². The number of rotatable bonds is 1. The van der Waals surface area contributed by atoms with Crippen molar-refractivity contribution in [2.24, 2.45) is 5.73 Å². The van der Waals surface area contributed by atoms with Gasteiger partial charge < -0.3 is 11.1 Å². The van der Waals surface area contributed by atoms with Crippen molar-refractivity contribution in [1.29, 1.82) is 0 Å². The summed E-state index contributed by atoms with van der Waals surface area (Å²) in [6.07, 6.45) is 1.92. The molecule has 19 heavy (non-hydrogen) atoms. The third kappa shape index (κ3) is 2.51. The molecule has 1 amide bonds. The lowest BCUT2D eigenvalue weighted by Crippen LogP contribution is -2.30. The van der Waals surface area contributed by atoms with Gasteiger partial charge in [-0.2, -0.15) is 0 Å². The molecule has 1 aliphatic rings. The Labute approximate surface area is 111 Å². The minimum atomic E-state index is -0.585. The molecule has 0 bridgehead atoms. The molecule has 102 valence electrons. The number of nitrogens with two attached hydrogens (primary N) is 1. The van der Waals surface area contributed by atoms with E-state index in [2.05, 4.69) is 5.32 Å². The van der Waals surface area contributed by atoms with E-state index in [1.807, 2.05) is 0 Å². The Morgan fingerprint density at radius 1 is 1.53 bits per heavy atom. The standard InChI is InChI=1S/C14H17FN2O2/c1-7-9-4-3-5-11(16)14(19)13(9)12(6-10(7)15)17-8(2)18/h6,11H,3-5,16H2,1-2H3,(H,17,18). The molecular formula is C14H17FN2O2. The van der Waals surface area contributed by atoms with E-state index in [1.165, 1.54) is 13.0 Å². The van der Waals surface area contributed by atoms with Crippen LogP contribution in [-0.4, -0.2) is 17.7 Å². The van der Waals surface area contributed by atoms with Gasteiger partial charge in [0, 0.05) is 12.5 Å². The Morgan fingerprint density at radius 3 is 2.84 bits per heavy atom. The Hall–Kier alpha value is -1.75. The summed E-state index contributed by atoms with van der Waals surface area (Å²) in [7, 11) is 0. The summed E-state index contributed by atoms with van der Waals surface area (Å²) in [5.41, 5.74) is 7.56. The predicted molar refractivity (Wildman–Crippen MR) is 70.7 cm³/mol. The first-order valence-electron chi connectivity index (χ1n) is 6.31. The number of nitrogens with one attached hydrogen (secondary N) is 1. The summed E-state index contributed by atoms with van der Waals surface area (Å²) < 4.78 is 13.9. The van der Waals surface area contributed by atoms with Crippen molar-refractivity contribution >= 4 is 17.4 Å². The molecule has 1 aliphatic carbocycles. The SMILES string of the molecule is CC(=O)Nc1cc(F)c(C)c2c1C(=O)C(N)CCC2. The molecule has 1 aromatic carbocycles. The van der Waals surface area contributed by atoms with Crippen LogP contribution in [0.3, 0.4) is 0 Å². The Kier molecular flexibility index (Phi) is 3.66. The van der Waals surface area contributed by atoms with E-state index in [4.69, 9.17) is 5.73 Å². The summed E-state index contributed by atoms with van der Waals surface area (Å²) in [4.78, 5) is 23.5. The zero-order chi connectivity index (χ0) is 14.2. The average Bonchev–Trinajstić information content (AvgIpc) is 2.46. The molecule has 0 aromatic heterocycles. The highest BCUT2D eigenvalue weighted by Gasteiger charge is 2.28. The molecule has 3 N–H and O–H groups in total. The lowest BCUT2D eigenvalue weighted by Gasteiger charge is -2.16. The van der Waals surface area contributed by atoms with Gasteiger partial charge in [0.2, 0.25) is 5.91 Å². The van der Waals surface area contributed by atoms with Crippen LogP contribution in [0.25, 0.3) is 0 Å². The predicted octanol–water partition coefficient (Wildman–Crippen LogP) is 1.94. The van der Waals surface area contributed by atoms with Crippen LogP contribution in [-0.2, 0) is 11.2 Å². The second kappa shape index (κ2) is 5.09. The number of carbonyl (C=O) groups is 2. The van der Waals surface area contributed by atoms with Crippen molar-refractivity contribution < 1.29 is 14.0 Å². The van der Waals surface area contributed by atoms with E-state index in [-0.39, 0.29) is 17.4 Å². The number of carbonyl (C=O) groups excluding carboxylic acids is 2. The molecule has 0 heterocycles. The van der Waals surface area contributed by atoms with E-state index >= 15 is 0 Å². The highest BCUT2D eigenvalue weighted by molar-refractivity contribution is 6.08. The van der Waals surface area contributed by atoms with Gasteiger partial charge in [-0.3, -0.25) is 9.59 Å². The van der Waals surface area contributed by atoms with Crippen molar-refractivity contribution in [2.45, 2.75) is 39.2 Å². The maximum Gasteiger partial charge on any atom is 0.221 e. The summed E-state index contributed by atoms with van der Waals surface area (Å²) in [5.74, 6) is -0.971. The van der Waals surface area contributed by atoms with Crippen molar-refractivity contribution in [3.63, 3.8) is 0 Å². The van der Waals surface area contributed by atoms with Crippen molar-refractivity contribution in [1.82, 2.24) is 0 Å². The van der Waals surface area contributed by atoms with Crippen LogP contribution < -0.4 is 11.1 Å². The van der Waals surface area contributed by atoms with Crippen LogP contribution in [0.4, 0.5) is 10.1 Å². The Morgan fingerprint density at radius 2 is 2.21 bits per heavy atom. The highest BCUT2D eigenvalue weighted by Crippen LogP contribution is 2.31. The zero-order valence-corrected chi connectivity index (χ0v) is 11.0. The number of hydrogen-bond donors (Lipinski definition) is 2. The number of amides is 1. The maximum absolute atomic E-state index is 13.9. The molecule has 1 atom stereocenters. The van der Waals surface area contributed by atoms with Crippen LogP contribution >= 0.6 is 0 Å². The van der Waals surface area contributed by atoms with Crippen LogP contribution in [0.1, 0.15) is 41.3 Å². The molecule has 0 radical (unpaired) electrons. The van der Waals surface area contributed by atoms with Gasteiger partial charge in [-0.1, -0.05) is 0 Å². The number of Topliss-reactive ketones (excluding diaryl/α,β-unsaturated/α-hetero) is 1. The molecule has 0 aliphatic heterocycles. The molecule has 0 fully saturated rings. The van der Waals surface area contributed by atoms with Crippen LogP contribution in [0.2, 0.25) is 0 Å². The summed E-state index contributed by atoms with van der Waals surface area (Å²) in [6.45, 7) is 2.97. The molecule has 1 aromatic rings. The fraction of sp³-hybridized carbons (Fsp3) is 0.429. The number of benzene rings is 1. The third-order valence-corrected chi connectivity index (χ3v) is 3.49. The topological polar surface area (TPSA) is 72.2 Å². The van der Waals surface area contributed by atoms with E-state index < -0.39 is 11.9 Å². The lowest BCUT2D eigenvalue weighted by molar-refractivity contribution is -0.114. The number of anilines is 1. The minimum absolute atomic E-state index is 0.223. The molecule has 2 rings (SSSR count). The molecular weight excluding hydrogens is 247 g/mol. The minimum Gasteiger partial charge on any atom is -0.326 e. The molecule has 4 nitrogen and oxygen atoms in total. The van der Waals surface area contributed by atoms with Crippen molar-refractivity contribution in [3.8, 4) is 0 Å². The van der Waals surface area contributed by atoms with Gasteiger partial charge in [-0.05, 0) is 43.4 Å². The van der Waals surface area contributed by atoms with Gasteiger partial charge in [-0.25, -0.2) is 4.39 Å². The molecule has 0 spiro atoms. The molecule has 0 saturated carbocycles. The normalized spacial score (nSPS) is 18.7. The van der Waals surface area contributed by atoms with Gasteiger partial charge >= 0.3 is 0 Å². The Balaban J connectivity index is 2.66. The average molecular weight is 264 g/mol. The number of fused-ring (bicyclic) bond motifs is 1. The molecule has 1 unspecified atom stereocenters. The van der Waals surface area contributed by atoms with E-state index in [0.717, 1.165) is 6.42 Å². The van der Waals surface area contributed by atoms with Gasteiger partial charge in [-0.15, -0.1) is 0 Å². The first kappa shape index (κ1) is 13.7. The summed E-state index contributed by atoms with van der Waals surface area (Å²) >= 11 is 0. The van der Waals surface area contributed by atoms with E-state index in [0.29, 0.717) is 29.5 Å². The Bertz CT molecular complexity index is 555. The smallest absolute Gasteiger partial charge is 0.221 e. The van der Waals surface area contributed by atoms with Gasteiger partial charge in [0.05, 0.1) is 11.7 Å². The molecule has 5 heteroatoms. The number of hydrogen-bond acceptors (Lipinski definition) is 3. The number of halogens is 1. The quantitative estimate of drug-likeness (QED) is 0.761. The monoisotopic (exact) mass is 264 g/mol. The lowest BCUT2D eigenvalue weighted by atomic mass is 9.94. The molecule has 0 saturated heterocycles.